The number of ether oxygens (including phenoxy) is 1. The predicted octanol–water partition coefficient (Wildman–Crippen LogP) is 1.77. The molecule has 1 amide bonds. The van der Waals surface area contributed by atoms with E-state index >= 15 is 0 Å². The van der Waals surface area contributed by atoms with Crippen LogP contribution in [0.15, 0.2) is 24.5 Å². The number of pyridine rings is 1. The molecular weight excluding hydrogens is 340 g/mol. The molecule has 0 unspecified atom stereocenters. The van der Waals surface area contributed by atoms with Crippen molar-refractivity contribution in [1.29, 1.82) is 0 Å². The summed E-state index contributed by atoms with van der Waals surface area (Å²) in [5.41, 5.74) is 0.691. The van der Waals surface area contributed by atoms with Gasteiger partial charge in [-0.25, -0.2) is 0 Å². The molecule has 0 spiro atoms. The number of piperidine rings is 1. The molecular formula is C21H32N4O2. The Labute approximate surface area is 162 Å². The van der Waals surface area contributed by atoms with Crippen molar-refractivity contribution in [2.24, 2.45) is 5.92 Å². The lowest BCUT2D eigenvalue weighted by Crippen LogP contribution is -2.49. The van der Waals surface area contributed by atoms with E-state index in [9.17, 15) is 4.79 Å². The molecule has 3 fully saturated rings. The van der Waals surface area contributed by atoms with Gasteiger partial charge in [0, 0.05) is 56.7 Å². The van der Waals surface area contributed by atoms with Gasteiger partial charge in [-0.1, -0.05) is 13.8 Å². The highest BCUT2D eigenvalue weighted by atomic mass is 16.5. The van der Waals surface area contributed by atoms with Crippen LogP contribution < -0.4 is 5.32 Å². The maximum atomic E-state index is 12.6. The summed E-state index contributed by atoms with van der Waals surface area (Å²) >= 11 is 0. The van der Waals surface area contributed by atoms with E-state index in [1.54, 1.807) is 12.4 Å². The largest absolute Gasteiger partial charge is 0.375 e. The van der Waals surface area contributed by atoms with E-state index in [1.807, 2.05) is 17.0 Å². The van der Waals surface area contributed by atoms with Crippen LogP contribution in [0.5, 0.6) is 0 Å². The van der Waals surface area contributed by atoms with Gasteiger partial charge in [0.2, 0.25) is 0 Å². The minimum absolute atomic E-state index is 0.108. The average molecular weight is 373 g/mol. The monoisotopic (exact) mass is 372 g/mol. The Morgan fingerprint density at radius 1 is 1.26 bits per heavy atom. The van der Waals surface area contributed by atoms with Crippen LogP contribution in [0.4, 0.5) is 0 Å². The number of carbonyl (C=O) groups is 1. The number of rotatable bonds is 4. The maximum Gasteiger partial charge on any atom is 0.255 e. The molecule has 6 heteroatoms. The van der Waals surface area contributed by atoms with Crippen molar-refractivity contribution in [1.82, 2.24) is 20.1 Å². The summed E-state index contributed by atoms with van der Waals surface area (Å²) in [6, 6.07) is 5.31. The molecule has 1 aromatic heterocycles. The van der Waals surface area contributed by atoms with Gasteiger partial charge >= 0.3 is 0 Å². The van der Waals surface area contributed by atoms with Crippen molar-refractivity contribution in [3.63, 3.8) is 0 Å². The van der Waals surface area contributed by atoms with Gasteiger partial charge in [0.25, 0.3) is 5.91 Å². The normalized spacial score (nSPS) is 29.9. The Hall–Kier alpha value is -1.50. The minimum Gasteiger partial charge on any atom is -0.375 e. The first kappa shape index (κ1) is 18.8. The first-order chi connectivity index (χ1) is 13.1. The summed E-state index contributed by atoms with van der Waals surface area (Å²) in [5.74, 6) is 0.691. The number of hydrogen-bond donors (Lipinski definition) is 1. The summed E-state index contributed by atoms with van der Waals surface area (Å²) < 4.78 is 6.06. The fraction of sp³-hybridized carbons (Fsp3) is 0.714. The number of nitrogens with zero attached hydrogens (tertiary/aromatic N) is 3. The van der Waals surface area contributed by atoms with E-state index in [4.69, 9.17) is 4.74 Å². The van der Waals surface area contributed by atoms with Crippen molar-refractivity contribution in [3.05, 3.63) is 30.1 Å². The molecule has 1 aromatic rings. The highest BCUT2D eigenvalue weighted by molar-refractivity contribution is 5.93. The lowest BCUT2D eigenvalue weighted by molar-refractivity contribution is -0.0683. The molecule has 6 nitrogen and oxygen atoms in total. The molecule has 0 aromatic carbocycles. The van der Waals surface area contributed by atoms with Crippen LogP contribution in [0.1, 0.15) is 43.5 Å². The number of hydrogen-bond acceptors (Lipinski definition) is 5. The molecule has 27 heavy (non-hydrogen) atoms. The third-order valence-corrected chi connectivity index (χ3v) is 6.35. The highest BCUT2D eigenvalue weighted by Gasteiger charge is 2.39. The molecule has 3 aliphatic heterocycles. The Kier molecular flexibility index (Phi) is 5.76. The van der Waals surface area contributed by atoms with E-state index in [0.717, 1.165) is 45.6 Å². The van der Waals surface area contributed by atoms with Crippen LogP contribution in [0, 0.1) is 5.92 Å². The van der Waals surface area contributed by atoms with Gasteiger partial charge in [-0.15, -0.1) is 0 Å². The van der Waals surface area contributed by atoms with Gasteiger partial charge in [0.1, 0.15) is 0 Å². The number of carbonyl (C=O) groups excluding carboxylic acids is 1. The Morgan fingerprint density at radius 2 is 2.07 bits per heavy atom. The van der Waals surface area contributed by atoms with Crippen molar-refractivity contribution in [3.8, 4) is 0 Å². The SMILES string of the molecule is CC(C)[C@@H]1CN2C[C@H](NC3CCN(C(=O)c4cccnc4)CC3)C[C@H]2CO1. The smallest absolute Gasteiger partial charge is 0.255 e. The van der Waals surface area contributed by atoms with E-state index in [1.165, 1.54) is 6.42 Å². The molecule has 3 atom stereocenters. The summed E-state index contributed by atoms with van der Waals surface area (Å²) in [5, 5.41) is 3.87. The van der Waals surface area contributed by atoms with Gasteiger partial charge in [0.05, 0.1) is 18.3 Å². The second-order valence-electron chi connectivity index (χ2n) is 8.63. The molecule has 0 radical (unpaired) electrons. The fourth-order valence-electron chi connectivity index (χ4n) is 4.68. The van der Waals surface area contributed by atoms with Crippen molar-refractivity contribution in [2.45, 2.75) is 57.3 Å². The van der Waals surface area contributed by atoms with E-state index in [-0.39, 0.29) is 5.91 Å². The molecule has 4 rings (SSSR count). The second kappa shape index (κ2) is 8.25. The maximum absolute atomic E-state index is 12.6. The van der Waals surface area contributed by atoms with Crippen LogP contribution in [-0.2, 0) is 4.74 Å². The molecule has 0 aliphatic carbocycles. The number of fused-ring (bicyclic) bond motifs is 1. The zero-order valence-corrected chi connectivity index (χ0v) is 16.5. The van der Waals surface area contributed by atoms with Gasteiger partial charge in [-0.2, -0.15) is 0 Å². The minimum atomic E-state index is 0.108. The fourth-order valence-corrected chi connectivity index (χ4v) is 4.68. The summed E-state index contributed by atoms with van der Waals surface area (Å²) in [7, 11) is 0. The van der Waals surface area contributed by atoms with Crippen LogP contribution >= 0.6 is 0 Å². The van der Waals surface area contributed by atoms with Gasteiger partial charge in [0.15, 0.2) is 0 Å². The predicted molar refractivity (Wildman–Crippen MR) is 105 cm³/mol. The Balaban J connectivity index is 1.24. The van der Waals surface area contributed by atoms with E-state index in [0.29, 0.717) is 35.7 Å². The molecule has 1 N–H and O–H groups in total. The van der Waals surface area contributed by atoms with Crippen molar-refractivity contribution in [2.75, 3.05) is 32.8 Å². The molecule has 0 bridgehead atoms. The third kappa shape index (κ3) is 4.33. The standard InChI is InChI=1S/C21H32N4O2/c1-15(2)20-13-25-12-18(10-19(25)14-27-20)23-17-5-8-24(9-6-17)21(26)16-4-3-7-22-11-16/h3-4,7,11,15,17-20,23H,5-6,8-10,12-14H2,1-2H3/t18-,19+,20+/m1/s1. The van der Waals surface area contributed by atoms with Gasteiger partial charge in [-0.05, 0) is 37.3 Å². The van der Waals surface area contributed by atoms with Crippen LogP contribution in [0.25, 0.3) is 0 Å². The first-order valence-corrected chi connectivity index (χ1v) is 10.4. The topological polar surface area (TPSA) is 57.7 Å². The van der Waals surface area contributed by atoms with E-state index in [2.05, 4.69) is 29.0 Å². The number of amides is 1. The Bertz CT molecular complexity index is 630. The van der Waals surface area contributed by atoms with Gasteiger partial charge in [-0.3, -0.25) is 14.7 Å². The van der Waals surface area contributed by atoms with E-state index < -0.39 is 0 Å². The highest BCUT2D eigenvalue weighted by Crippen LogP contribution is 2.26. The number of nitrogens with one attached hydrogen (secondary N) is 1. The summed E-state index contributed by atoms with van der Waals surface area (Å²) in [6.07, 6.45) is 6.97. The van der Waals surface area contributed by atoms with Crippen LogP contribution in [0.3, 0.4) is 0 Å². The molecule has 148 valence electrons. The van der Waals surface area contributed by atoms with Crippen molar-refractivity contribution < 1.29 is 9.53 Å². The first-order valence-electron chi connectivity index (χ1n) is 10.4. The lowest BCUT2D eigenvalue weighted by Gasteiger charge is -2.36. The zero-order valence-electron chi connectivity index (χ0n) is 16.5. The second-order valence-corrected chi connectivity index (χ2v) is 8.63. The van der Waals surface area contributed by atoms with Crippen molar-refractivity contribution >= 4 is 5.91 Å². The van der Waals surface area contributed by atoms with Gasteiger partial charge < -0.3 is 15.0 Å². The van der Waals surface area contributed by atoms with Crippen LogP contribution in [0.2, 0.25) is 0 Å². The molecule has 3 saturated heterocycles. The zero-order chi connectivity index (χ0) is 18.8. The number of morpholine rings is 1. The molecule has 4 heterocycles. The lowest BCUT2D eigenvalue weighted by atomic mass is 10.0. The summed E-state index contributed by atoms with van der Waals surface area (Å²) in [4.78, 5) is 21.2. The number of likely N-dealkylation sites (tertiary alicyclic amines) is 1. The quantitative estimate of drug-likeness (QED) is 0.873. The van der Waals surface area contributed by atoms with Crippen LogP contribution in [-0.4, -0.2) is 77.7 Å². The average Bonchev–Trinajstić information content (AvgIpc) is 3.10. The Morgan fingerprint density at radius 3 is 2.78 bits per heavy atom. The molecule has 3 aliphatic rings. The summed E-state index contributed by atoms with van der Waals surface area (Å²) in [6.45, 7) is 9.21. The number of aromatic nitrogens is 1. The third-order valence-electron chi connectivity index (χ3n) is 6.35. The molecule has 0 saturated carbocycles.